The molecule has 3 rings (SSSR count). The van der Waals surface area contributed by atoms with Crippen LogP contribution in [0.15, 0.2) is 53.6 Å². The number of carbonyl (C=O) groups is 1. The third kappa shape index (κ3) is 3.10. The van der Waals surface area contributed by atoms with E-state index in [0.717, 1.165) is 5.56 Å². The molecule has 0 aliphatic heterocycles. The average Bonchev–Trinajstić information content (AvgIpc) is 2.57. The lowest BCUT2D eigenvalue weighted by atomic mass is 10.1. The lowest BCUT2D eigenvalue weighted by Gasteiger charge is -2.11. The molecular formula is C17H15FN4O2. The molecule has 2 aromatic carbocycles. The molecule has 1 aromatic heterocycles. The van der Waals surface area contributed by atoms with Gasteiger partial charge in [0.15, 0.2) is 0 Å². The molecule has 2 N–H and O–H groups in total. The van der Waals surface area contributed by atoms with Crippen molar-refractivity contribution in [2.24, 2.45) is 0 Å². The number of hydrogen-bond acceptors (Lipinski definition) is 4. The minimum absolute atomic E-state index is 0.144. The van der Waals surface area contributed by atoms with Crippen LogP contribution in [0.5, 0.6) is 0 Å². The number of aromatic nitrogens is 2. The van der Waals surface area contributed by atoms with E-state index >= 15 is 0 Å². The molecule has 3 aromatic rings. The monoisotopic (exact) mass is 326 g/mol. The highest BCUT2D eigenvalue weighted by Gasteiger charge is 2.09. The van der Waals surface area contributed by atoms with Crippen LogP contribution in [0.25, 0.3) is 10.9 Å². The smallest absolute Gasteiger partial charge is 0.261 e. The van der Waals surface area contributed by atoms with Gasteiger partial charge in [-0.15, -0.1) is 0 Å². The van der Waals surface area contributed by atoms with Crippen molar-refractivity contribution in [2.45, 2.75) is 13.5 Å². The molecule has 122 valence electrons. The standard InChI is InChI=1S/C17H15FN4O2/c1-11-5-4-6-12-16(11)19-10-22(17(12)24)9-15(23)21-20-14-8-3-2-7-13(14)18/h2-8,10,20H,9H2,1H3,(H,21,23). The number of amides is 1. The van der Waals surface area contributed by atoms with Crippen LogP contribution in [-0.4, -0.2) is 15.5 Å². The summed E-state index contributed by atoms with van der Waals surface area (Å²) < 4.78 is 14.7. The van der Waals surface area contributed by atoms with Crippen LogP contribution in [0.3, 0.4) is 0 Å². The molecule has 0 aliphatic carbocycles. The molecule has 0 radical (unpaired) electrons. The lowest BCUT2D eigenvalue weighted by molar-refractivity contribution is -0.121. The molecule has 7 heteroatoms. The van der Waals surface area contributed by atoms with Crippen molar-refractivity contribution < 1.29 is 9.18 Å². The van der Waals surface area contributed by atoms with Crippen molar-refractivity contribution in [2.75, 3.05) is 5.43 Å². The van der Waals surface area contributed by atoms with E-state index < -0.39 is 11.7 Å². The van der Waals surface area contributed by atoms with Crippen molar-refractivity contribution >= 4 is 22.5 Å². The summed E-state index contributed by atoms with van der Waals surface area (Å²) in [6.07, 6.45) is 1.33. The van der Waals surface area contributed by atoms with E-state index in [1.807, 2.05) is 13.0 Å². The normalized spacial score (nSPS) is 10.6. The second-order valence-electron chi connectivity index (χ2n) is 5.30. The summed E-state index contributed by atoms with van der Waals surface area (Å²) in [5.41, 5.74) is 6.20. The predicted molar refractivity (Wildman–Crippen MR) is 88.9 cm³/mol. The lowest BCUT2D eigenvalue weighted by Crippen LogP contribution is -2.36. The van der Waals surface area contributed by atoms with Crippen molar-refractivity contribution in [3.05, 3.63) is 70.5 Å². The summed E-state index contributed by atoms with van der Waals surface area (Å²) in [5, 5.41) is 0.451. The first-order chi connectivity index (χ1) is 11.6. The van der Waals surface area contributed by atoms with Crippen LogP contribution in [0.2, 0.25) is 0 Å². The molecule has 1 heterocycles. The van der Waals surface area contributed by atoms with E-state index in [1.54, 1.807) is 24.3 Å². The number of rotatable bonds is 4. The second-order valence-corrected chi connectivity index (χ2v) is 5.30. The van der Waals surface area contributed by atoms with Gasteiger partial charge in [0.25, 0.3) is 11.5 Å². The molecule has 0 spiro atoms. The van der Waals surface area contributed by atoms with Gasteiger partial charge in [0.2, 0.25) is 0 Å². The van der Waals surface area contributed by atoms with Crippen LogP contribution in [-0.2, 0) is 11.3 Å². The number of hydrazine groups is 1. The highest BCUT2D eigenvalue weighted by atomic mass is 19.1. The first-order valence-electron chi connectivity index (χ1n) is 7.30. The van der Waals surface area contributed by atoms with Gasteiger partial charge in [0.05, 0.1) is 22.9 Å². The number of para-hydroxylation sites is 2. The van der Waals surface area contributed by atoms with Gasteiger partial charge in [-0.25, -0.2) is 9.37 Å². The fourth-order valence-electron chi connectivity index (χ4n) is 2.34. The quantitative estimate of drug-likeness (QED) is 0.719. The Morgan fingerprint density at radius 3 is 2.79 bits per heavy atom. The predicted octanol–water partition coefficient (Wildman–Crippen LogP) is 1.99. The molecule has 0 atom stereocenters. The minimum Gasteiger partial charge on any atom is -0.296 e. The summed E-state index contributed by atoms with van der Waals surface area (Å²) in [7, 11) is 0. The SMILES string of the molecule is Cc1cccc2c(=O)n(CC(=O)NNc3ccccc3F)cnc12. The molecule has 0 unspecified atom stereocenters. The second kappa shape index (κ2) is 6.49. The van der Waals surface area contributed by atoms with Crippen molar-refractivity contribution in [3.63, 3.8) is 0 Å². The highest BCUT2D eigenvalue weighted by Crippen LogP contribution is 2.12. The summed E-state index contributed by atoms with van der Waals surface area (Å²) in [6.45, 7) is 1.64. The van der Waals surface area contributed by atoms with Crippen molar-refractivity contribution in [1.29, 1.82) is 0 Å². The number of carbonyl (C=O) groups excluding carboxylic acids is 1. The molecule has 0 aliphatic rings. The molecule has 0 bridgehead atoms. The van der Waals surface area contributed by atoms with E-state index in [9.17, 15) is 14.0 Å². The molecule has 24 heavy (non-hydrogen) atoms. The molecule has 0 saturated heterocycles. The van der Waals surface area contributed by atoms with E-state index in [4.69, 9.17) is 0 Å². The van der Waals surface area contributed by atoms with Gasteiger partial charge in [-0.3, -0.25) is 25.0 Å². The number of benzene rings is 2. The molecule has 0 fully saturated rings. The summed E-state index contributed by atoms with van der Waals surface area (Å²) >= 11 is 0. The van der Waals surface area contributed by atoms with Crippen LogP contribution in [0, 0.1) is 12.7 Å². The largest absolute Gasteiger partial charge is 0.296 e. The highest BCUT2D eigenvalue weighted by molar-refractivity contribution is 5.81. The Balaban J connectivity index is 1.75. The Morgan fingerprint density at radius 1 is 1.21 bits per heavy atom. The van der Waals surface area contributed by atoms with Gasteiger partial charge in [-0.05, 0) is 30.7 Å². The number of halogens is 1. The Hall–Kier alpha value is -3.22. The number of anilines is 1. The summed E-state index contributed by atoms with van der Waals surface area (Å²) in [5.74, 6) is -0.980. The topological polar surface area (TPSA) is 76.0 Å². The maximum atomic E-state index is 13.5. The summed E-state index contributed by atoms with van der Waals surface area (Å²) in [4.78, 5) is 28.6. The maximum Gasteiger partial charge on any atom is 0.261 e. The van der Waals surface area contributed by atoms with Gasteiger partial charge in [0.1, 0.15) is 12.4 Å². The Bertz CT molecular complexity index is 968. The fourth-order valence-corrected chi connectivity index (χ4v) is 2.34. The molecule has 1 amide bonds. The third-order valence-electron chi connectivity index (χ3n) is 3.58. The number of aryl methyl sites for hydroxylation is 1. The van der Waals surface area contributed by atoms with E-state index in [0.29, 0.717) is 10.9 Å². The van der Waals surface area contributed by atoms with Gasteiger partial charge < -0.3 is 0 Å². The Labute approximate surface area is 136 Å². The van der Waals surface area contributed by atoms with Gasteiger partial charge in [-0.1, -0.05) is 24.3 Å². The molecule has 0 saturated carbocycles. The fraction of sp³-hybridized carbons (Fsp3) is 0.118. The third-order valence-corrected chi connectivity index (χ3v) is 3.58. The van der Waals surface area contributed by atoms with E-state index in [-0.39, 0.29) is 17.8 Å². The Kier molecular flexibility index (Phi) is 4.24. The zero-order valence-electron chi connectivity index (χ0n) is 12.9. The van der Waals surface area contributed by atoms with Crippen LogP contribution >= 0.6 is 0 Å². The van der Waals surface area contributed by atoms with Gasteiger partial charge >= 0.3 is 0 Å². The first kappa shape index (κ1) is 15.7. The van der Waals surface area contributed by atoms with Crippen molar-refractivity contribution in [3.8, 4) is 0 Å². The Morgan fingerprint density at radius 2 is 2.00 bits per heavy atom. The number of hydrogen-bond donors (Lipinski definition) is 2. The zero-order chi connectivity index (χ0) is 17.1. The van der Waals surface area contributed by atoms with Crippen LogP contribution in [0.4, 0.5) is 10.1 Å². The van der Waals surface area contributed by atoms with E-state index in [1.165, 1.54) is 23.0 Å². The van der Waals surface area contributed by atoms with Crippen molar-refractivity contribution in [1.82, 2.24) is 15.0 Å². The molecular weight excluding hydrogens is 311 g/mol. The zero-order valence-corrected chi connectivity index (χ0v) is 12.9. The number of nitrogens with zero attached hydrogens (tertiary/aromatic N) is 2. The minimum atomic E-state index is -0.492. The van der Waals surface area contributed by atoms with E-state index in [2.05, 4.69) is 15.8 Å². The number of nitrogens with one attached hydrogen (secondary N) is 2. The number of fused-ring (bicyclic) bond motifs is 1. The molecule has 6 nitrogen and oxygen atoms in total. The van der Waals surface area contributed by atoms with Crippen LogP contribution in [0.1, 0.15) is 5.56 Å². The average molecular weight is 326 g/mol. The summed E-state index contributed by atoms with van der Waals surface area (Å²) in [6, 6.07) is 11.2. The van der Waals surface area contributed by atoms with Gasteiger partial charge in [-0.2, -0.15) is 0 Å². The maximum absolute atomic E-state index is 13.5. The first-order valence-corrected chi connectivity index (χ1v) is 7.30. The van der Waals surface area contributed by atoms with Crippen LogP contribution < -0.4 is 16.4 Å². The van der Waals surface area contributed by atoms with Gasteiger partial charge in [0, 0.05) is 0 Å².